The topological polar surface area (TPSA) is 64.3 Å². The highest BCUT2D eigenvalue weighted by Crippen LogP contribution is 2.26. The van der Waals surface area contributed by atoms with Crippen LogP contribution in [0.2, 0.25) is 0 Å². The molecule has 24 heavy (non-hydrogen) atoms. The molecule has 0 bridgehead atoms. The number of nitrogens with two attached hydrogens (primary N) is 1. The molecule has 136 valence electrons. The number of amides is 1. The number of benzene rings is 1. The summed E-state index contributed by atoms with van der Waals surface area (Å²) in [5, 5.41) is 3.04. The summed E-state index contributed by atoms with van der Waals surface area (Å²) in [5.41, 5.74) is 8.66. The number of hydrogen-bond donors (Lipinski definition) is 2. The third-order valence-corrected chi connectivity index (χ3v) is 4.79. The molecule has 4 nitrogen and oxygen atoms in total. The lowest BCUT2D eigenvalue weighted by atomic mass is 9.83. The van der Waals surface area contributed by atoms with Crippen LogP contribution in [0.15, 0.2) is 24.3 Å². The lowest BCUT2D eigenvalue weighted by molar-refractivity contribution is -0.127. The number of ether oxygens (including phenoxy) is 1. The Hall–Kier alpha value is -1.10. The summed E-state index contributed by atoms with van der Waals surface area (Å²) in [6.07, 6.45) is 2.49. The van der Waals surface area contributed by atoms with E-state index in [2.05, 4.69) is 50.4 Å². The second-order valence-corrected chi connectivity index (χ2v) is 7.61. The molecule has 3 atom stereocenters. The van der Waals surface area contributed by atoms with Crippen LogP contribution in [0.25, 0.3) is 0 Å². The molecule has 0 saturated heterocycles. The van der Waals surface area contributed by atoms with Crippen molar-refractivity contribution >= 4 is 18.3 Å². The second kappa shape index (κ2) is 8.84. The van der Waals surface area contributed by atoms with E-state index in [9.17, 15) is 4.79 Å². The van der Waals surface area contributed by atoms with Crippen molar-refractivity contribution in [2.75, 3.05) is 7.11 Å². The SMILES string of the molecule is CO[C@@H]1CC[C@H](C(=O)NCc2ccc(C(C)(C)C)cc2)C[C@H]1N.Cl. The fraction of sp³-hybridized carbons (Fsp3) is 0.632. The van der Waals surface area contributed by atoms with Crippen molar-refractivity contribution in [3.05, 3.63) is 35.4 Å². The van der Waals surface area contributed by atoms with Crippen molar-refractivity contribution in [3.63, 3.8) is 0 Å². The standard InChI is InChI=1S/C19H30N2O2.ClH/c1-19(2,3)15-8-5-13(6-9-15)12-21-18(22)14-7-10-17(23-4)16(20)11-14;/h5-6,8-9,14,16-17H,7,10-12,20H2,1-4H3,(H,21,22);1H/t14-,16+,17+;/m0./s1. The fourth-order valence-electron chi connectivity index (χ4n) is 3.16. The molecule has 0 aromatic heterocycles. The molecule has 2 rings (SSSR count). The highest BCUT2D eigenvalue weighted by Gasteiger charge is 2.31. The molecule has 5 heteroatoms. The predicted molar refractivity (Wildman–Crippen MR) is 100 cm³/mol. The summed E-state index contributed by atoms with van der Waals surface area (Å²) >= 11 is 0. The number of carbonyl (C=O) groups is 1. The average molecular weight is 355 g/mol. The molecule has 0 spiro atoms. The van der Waals surface area contributed by atoms with Crippen molar-refractivity contribution in [1.29, 1.82) is 0 Å². The number of halogens is 1. The number of rotatable bonds is 4. The summed E-state index contributed by atoms with van der Waals surface area (Å²) in [6, 6.07) is 8.42. The van der Waals surface area contributed by atoms with Gasteiger partial charge in [-0.1, -0.05) is 45.0 Å². The van der Waals surface area contributed by atoms with E-state index >= 15 is 0 Å². The average Bonchev–Trinajstić information content (AvgIpc) is 2.52. The maximum absolute atomic E-state index is 12.3. The summed E-state index contributed by atoms with van der Waals surface area (Å²) < 4.78 is 5.34. The Bertz CT molecular complexity index is 525. The molecule has 0 aliphatic heterocycles. The molecule has 1 aromatic carbocycles. The number of nitrogens with one attached hydrogen (secondary N) is 1. The summed E-state index contributed by atoms with van der Waals surface area (Å²) in [6.45, 7) is 7.17. The quantitative estimate of drug-likeness (QED) is 0.872. The van der Waals surface area contributed by atoms with Crippen molar-refractivity contribution in [1.82, 2.24) is 5.32 Å². The molecule has 0 heterocycles. The van der Waals surface area contributed by atoms with Gasteiger partial charge in [0.05, 0.1) is 6.10 Å². The Labute approximate surface area is 151 Å². The van der Waals surface area contributed by atoms with Gasteiger partial charge in [0.1, 0.15) is 0 Å². The van der Waals surface area contributed by atoms with Crippen LogP contribution in [0.3, 0.4) is 0 Å². The zero-order valence-electron chi connectivity index (χ0n) is 15.2. The monoisotopic (exact) mass is 354 g/mol. The van der Waals surface area contributed by atoms with Crippen molar-refractivity contribution in [2.45, 2.75) is 64.1 Å². The van der Waals surface area contributed by atoms with Gasteiger partial charge in [0.2, 0.25) is 5.91 Å². The Morgan fingerprint density at radius 1 is 1.25 bits per heavy atom. The van der Waals surface area contributed by atoms with Gasteiger partial charge in [0, 0.05) is 25.6 Å². The van der Waals surface area contributed by atoms with E-state index < -0.39 is 0 Å². The van der Waals surface area contributed by atoms with Gasteiger partial charge in [-0.25, -0.2) is 0 Å². The highest BCUT2D eigenvalue weighted by molar-refractivity contribution is 5.85. The smallest absolute Gasteiger partial charge is 0.223 e. The van der Waals surface area contributed by atoms with Crippen LogP contribution in [-0.2, 0) is 21.5 Å². The predicted octanol–water partition coefficient (Wildman–Crippen LogP) is 3.16. The molecule has 1 aromatic rings. The lowest BCUT2D eigenvalue weighted by Gasteiger charge is -2.32. The van der Waals surface area contributed by atoms with Crippen LogP contribution in [0, 0.1) is 5.92 Å². The second-order valence-electron chi connectivity index (χ2n) is 7.61. The highest BCUT2D eigenvalue weighted by atomic mass is 35.5. The molecule has 3 N–H and O–H groups in total. The largest absolute Gasteiger partial charge is 0.380 e. The Kier molecular flexibility index (Phi) is 7.71. The van der Waals surface area contributed by atoms with Crippen molar-refractivity contribution in [3.8, 4) is 0 Å². The van der Waals surface area contributed by atoms with Crippen LogP contribution in [0.4, 0.5) is 0 Å². The Balaban J connectivity index is 0.00000288. The number of hydrogen-bond acceptors (Lipinski definition) is 3. The molecule has 1 saturated carbocycles. The Morgan fingerprint density at radius 3 is 2.38 bits per heavy atom. The van der Waals surface area contributed by atoms with Gasteiger partial charge >= 0.3 is 0 Å². The molecule has 1 amide bonds. The molecule has 0 radical (unpaired) electrons. The molecular formula is C19H31ClN2O2. The number of carbonyl (C=O) groups excluding carboxylic acids is 1. The zero-order valence-corrected chi connectivity index (χ0v) is 16.0. The normalized spacial score (nSPS) is 24.1. The van der Waals surface area contributed by atoms with Crippen LogP contribution in [0.1, 0.15) is 51.2 Å². The van der Waals surface area contributed by atoms with Gasteiger partial charge in [0.15, 0.2) is 0 Å². The maximum Gasteiger partial charge on any atom is 0.223 e. The summed E-state index contributed by atoms with van der Waals surface area (Å²) in [5.74, 6) is 0.111. The van der Waals surface area contributed by atoms with Crippen molar-refractivity contribution < 1.29 is 9.53 Å². The molecule has 1 aliphatic carbocycles. The van der Waals surface area contributed by atoms with E-state index in [-0.39, 0.29) is 41.8 Å². The third-order valence-electron chi connectivity index (χ3n) is 4.79. The molecular weight excluding hydrogens is 324 g/mol. The van der Waals surface area contributed by atoms with Crippen LogP contribution >= 0.6 is 12.4 Å². The molecule has 1 fully saturated rings. The lowest BCUT2D eigenvalue weighted by Crippen LogP contribution is -2.45. The van der Waals surface area contributed by atoms with Crippen LogP contribution in [0.5, 0.6) is 0 Å². The van der Waals surface area contributed by atoms with E-state index in [1.165, 1.54) is 5.56 Å². The maximum atomic E-state index is 12.3. The first-order valence-electron chi connectivity index (χ1n) is 8.46. The van der Waals surface area contributed by atoms with Gasteiger partial charge < -0.3 is 15.8 Å². The van der Waals surface area contributed by atoms with Crippen LogP contribution in [-0.4, -0.2) is 25.2 Å². The van der Waals surface area contributed by atoms with E-state index in [0.29, 0.717) is 13.0 Å². The van der Waals surface area contributed by atoms with Gasteiger partial charge in [-0.05, 0) is 35.8 Å². The fourth-order valence-corrected chi connectivity index (χ4v) is 3.16. The number of methoxy groups -OCH3 is 1. The Morgan fingerprint density at radius 2 is 1.88 bits per heavy atom. The van der Waals surface area contributed by atoms with Gasteiger partial charge in [-0.15, -0.1) is 12.4 Å². The van der Waals surface area contributed by atoms with Gasteiger partial charge in [-0.2, -0.15) is 0 Å². The zero-order chi connectivity index (χ0) is 17.0. The first-order chi connectivity index (χ1) is 10.8. The van der Waals surface area contributed by atoms with E-state index in [1.807, 2.05) is 0 Å². The minimum atomic E-state index is -0.0458. The first kappa shape index (κ1) is 20.9. The van der Waals surface area contributed by atoms with E-state index in [1.54, 1.807) is 7.11 Å². The van der Waals surface area contributed by atoms with Crippen molar-refractivity contribution in [2.24, 2.45) is 11.7 Å². The minimum Gasteiger partial charge on any atom is -0.380 e. The first-order valence-corrected chi connectivity index (χ1v) is 8.46. The summed E-state index contributed by atoms with van der Waals surface area (Å²) in [7, 11) is 1.69. The minimum absolute atomic E-state index is 0. The molecule has 0 unspecified atom stereocenters. The third kappa shape index (κ3) is 5.47. The molecule has 1 aliphatic rings. The van der Waals surface area contributed by atoms with Gasteiger partial charge in [-0.3, -0.25) is 4.79 Å². The van der Waals surface area contributed by atoms with Crippen LogP contribution < -0.4 is 11.1 Å². The van der Waals surface area contributed by atoms with E-state index in [0.717, 1.165) is 18.4 Å². The van der Waals surface area contributed by atoms with Gasteiger partial charge in [0.25, 0.3) is 0 Å². The van der Waals surface area contributed by atoms with E-state index in [4.69, 9.17) is 10.5 Å². The summed E-state index contributed by atoms with van der Waals surface area (Å²) in [4.78, 5) is 12.3.